The van der Waals surface area contributed by atoms with Gasteiger partial charge in [-0.05, 0) is 6.07 Å². The first-order valence-corrected chi connectivity index (χ1v) is 8.77. The summed E-state index contributed by atoms with van der Waals surface area (Å²) in [6.07, 6.45) is -1.74. The molecule has 2 heterocycles. The lowest BCUT2D eigenvalue weighted by Crippen LogP contribution is -2.56. The van der Waals surface area contributed by atoms with Crippen molar-refractivity contribution in [1.82, 2.24) is 9.47 Å². The molecule has 1 aromatic heterocycles. The SMILES string of the molecule is C[N+]1(c2nc3cc(F)cc(F)c3s2)C(=O)C(CC(=O)O)Oc2ccccc21. The van der Waals surface area contributed by atoms with Crippen molar-refractivity contribution in [2.45, 2.75) is 12.5 Å². The Morgan fingerprint density at radius 1 is 1.33 bits per heavy atom. The number of halogens is 2. The first-order chi connectivity index (χ1) is 12.8. The van der Waals surface area contributed by atoms with Gasteiger partial charge in [0.1, 0.15) is 11.6 Å². The number of hydrogen-bond donors (Lipinski definition) is 1. The van der Waals surface area contributed by atoms with Crippen LogP contribution in [0.3, 0.4) is 0 Å². The molecule has 0 spiro atoms. The average Bonchev–Trinajstić information content (AvgIpc) is 3.04. The molecule has 0 aliphatic carbocycles. The summed E-state index contributed by atoms with van der Waals surface area (Å²) in [5.41, 5.74) is 0.544. The number of carbonyl (C=O) groups excluding carboxylic acids is 1. The molecule has 138 valence electrons. The van der Waals surface area contributed by atoms with Crippen molar-refractivity contribution < 1.29 is 28.2 Å². The number of thiazole rings is 1. The van der Waals surface area contributed by atoms with E-state index in [1.54, 1.807) is 31.3 Å². The molecule has 1 N–H and O–H groups in total. The number of carbonyl (C=O) groups is 2. The van der Waals surface area contributed by atoms with E-state index in [-0.39, 0.29) is 15.3 Å². The first kappa shape index (κ1) is 17.5. The minimum absolute atomic E-state index is 0.0957. The van der Waals surface area contributed by atoms with E-state index < -0.39 is 40.5 Å². The molecule has 0 saturated heterocycles. The lowest BCUT2D eigenvalue weighted by Gasteiger charge is -2.36. The van der Waals surface area contributed by atoms with Crippen LogP contribution in [0.2, 0.25) is 0 Å². The Morgan fingerprint density at radius 3 is 2.81 bits per heavy atom. The molecule has 1 amide bonds. The molecule has 9 heteroatoms. The van der Waals surface area contributed by atoms with Gasteiger partial charge >= 0.3 is 11.9 Å². The number of fused-ring (bicyclic) bond motifs is 2. The Labute approximate surface area is 155 Å². The van der Waals surface area contributed by atoms with E-state index in [2.05, 4.69) is 4.98 Å². The fraction of sp³-hybridized carbons (Fsp3) is 0.167. The number of ether oxygens (including phenoxy) is 1. The molecule has 1 aliphatic rings. The average molecular weight is 391 g/mol. The van der Waals surface area contributed by atoms with Crippen molar-refractivity contribution in [3.63, 3.8) is 0 Å². The van der Waals surface area contributed by atoms with Crippen molar-refractivity contribution in [3.8, 4) is 5.75 Å². The molecule has 0 fully saturated rings. The van der Waals surface area contributed by atoms with E-state index >= 15 is 0 Å². The van der Waals surface area contributed by atoms with Crippen molar-refractivity contribution in [2.24, 2.45) is 0 Å². The van der Waals surface area contributed by atoms with Crippen LogP contribution >= 0.6 is 11.3 Å². The minimum atomic E-state index is -1.23. The first-order valence-electron chi connectivity index (χ1n) is 7.96. The highest BCUT2D eigenvalue weighted by Crippen LogP contribution is 2.47. The summed E-state index contributed by atoms with van der Waals surface area (Å²) in [5, 5.41) is 9.31. The summed E-state index contributed by atoms with van der Waals surface area (Å²) in [5.74, 6) is -2.92. The number of hydrogen-bond acceptors (Lipinski definition) is 5. The second kappa shape index (κ2) is 6.07. The number of amides is 1. The summed E-state index contributed by atoms with van der Waals surface area (Å²) in [4.78, 5) is 28.6. The Morgan fingerprint density at radius 2 is 2.07 bits per heavy atom. The van der Waals surface area contributed by atoms with Crippen LogP contribution in [0.15, 0.2) is 36.4 Å². The van der Waals surface area contributed by atoms with Crippen molar-refractivity contribution in [3.05, 3.63) is 48.0 Å². The number of carboxylic acid groups (broad SMARTS) is 1. The molecule has 27 heavy (non-hydrogen) atoms. The van der Waals surface area contributed by atoms with Gasteiger partial charge in [0.15, 0.2) is 11.4 Å². The van der Waals surface area contributed by atoms with Gasteiger partial charge < -0.3 is 9.84 Å². The van der Waals surface area contributed by atoms with E-state index in [0.717, 1.165) is 23.5 Å². The van der Waals surface area contributed by atoms with Gasteiger partial charge in [-0.15, -0.1) is 0 Å². The molecule has 1 aliphatic heterocycles. The molecule has 2 atom stereocenters. The van der Waals surface area contributed by atoms with Gasteiger partial charge in [0.2, 0.25) is 6.10 Å². The summed E-state index contributed by atoms with van der Waals surface area (Å²) < 4.78 is 32.9. The van der Waals surface area contributed by atoms with E-state index in [0.29, 0.717) is 11.4 Å². The third-order valence-corrected chi connectivity index (χ3v) is 5.72. The maximum Gasteiger partial charge on any atom is 0.367 e. The number of aliphatic carboxylic acids is 1. The Bertz CT molecular complexity index is 1100. The number of likely N-dealkylation sites (N-methyl/N-ethyl adjacent to an activating group) is 1. The molecule has 2 unspecified atom stereocenters. The van der Waals surface area contributed by atoms with Crippen molar-refractivity contribution in [2.75, 3.05) is 7.05 Å². The molecule has 6 nitrogen and oxygen atoms in total. The van der Waals surface area contributed by atoms with Crippen LogP contribution in [0.5, 0.6) is 5.75 Å². The number of para-hydroxylation sites is 2. The van der Waals surface area contributed by atoms with Crippen molar-refractivity contribution >= 4 is 44.2 Å². The number of benzene rings is 2. The summed E-state index contributed by atoms with van der Waals surface area (Å²) in [6.45, 7) is 0. The smallest absolute Gasteiger partial charge is 0.367 e. The Kier molecular flexibility index (Phi) is 3.93. The van der Waals surface area contributed by atoms with Gasteiger partial charge in [-0.3, -0.25) is 4.79 Å². The van der Waals surface area contributed by atoms with Gasteiger partial charge in [-0.25, -0.2) is 13.6 Å². The molecule has 0 radical (unpaired) electrons. The third kappa shape index (κ3) is 2.66. The Balaban J connectivity index is 1.94. The standard InChI is InChI=1S/C18H12F2N2O4S/c1-22(18-21-11-7-9(19)6-10(20)16(11)27-18)12-4-2-3-5-13(12)26-14(17(22)25)8-15(23)24/h2-7,14H,8H2,1H3/p+1. The van der Waals surface area contributed by atoms with Crippen LogP contribution in [-0.4, -0.2) is 35.1 Å². The zero-order valence-corrected chi connectivity index (χ0v) is 14.8. The second-order valence-corrected chi connectivity index (χ2v) is 7.23. The fourth-order valence-electron chi connectivity index (χ4n) is 3.16. The minimum Gasteiger partial charge on any atom is -0.481 e. The highest BCUT2D eigenvalue weighted by Gasteiger charge is 2.51. The zero-order valence-electron chi connectivity index (χ0n) is 14.0. The lowest BCUT2D eigenvalue weighted by atomic mass is 10.1. The number of aromatic nitrogens is 1. The predicted molar refractivity (Wildman–Crippen MR) is 95.0 cm³/mol. The maximum atomic E-state index is 14.1. The number of quaternary nitrogens is 1. The highest BCUT2D eigenvalue weighted by molar-refractivity contribution is 7.22. The lowest BCUT2D eigenvalue weighted by molar-refractivity contribution is -0.146. The molecule has 0 bridgehead atoms. The molecular weight excluding hydrogens is 378 g/mol. The van der Waals surface area contributed by atoms with E-state index in [4.69, 9.17) is 9.84 Å². The molecule has 0 saturated carbocycles. The van der Waals surface area contributed by atoms with E-state index in [1.165, 1.54) is 0 Å². The van der Waals surface area contributed by atoms with E-state index in [9.17, 15) is 18.4 Å². The predicted octanol–water partition coefficient (Wildman–Crippen LogP) is 3.61. The number of carboxylic acids is 1. The highest BCUT2D eigenvalue weighted by atomic mass is 32.1. The quantitative estimate of drug-likeness (QED) is 0.691. The van der Waals surface area contributed by atoms with Gasteiger partial charge in [-0.2, -0.15) is 9.47 Å². The molecule has 3 aromatic rings. The van der Waals surface area contributed by atoms with Crippen LogP contribution in [0, 0.1) is 11.6 Å². The van der Waals surface area contributed by atoms with Gasteiger partial charge in [0.25, 0.3) is 5.13 Å². The largest absolute Gasteiger partial charge is 0.481 e. The monoisotopic (exact) mass is 391 g/mol. The van der Waals surface area contributed by atoms with Gasteiger partial charge in [0.05, 0.1) is 23.7 Å². The number of nitrogens with zero attached hydrogens (tertiary/aromatic N) is 2. The number of rotatable bonds is 3. The van der Waals surface area contributed by atoms with Crippen LogP contribution in [0.1, 0.15) is 6.42 Å². The van der Waals surface area contributed by atoms with Crippen LogP contribution < -0.4 is 9.22 Å². The fourth-order valence-corrected chi connectivity index (χ4v) is 4.22. The van der Waals surface area contributed by atoms with E-state index in [1.807, 2.05) is 0 Å². The molecule has 2 aromatic carbocycles. The summed E-state index contributed by atoms with van der Waals surface area (Å²) in [6, 6.07) is 8.54. The third-order valence-electron chi connectivity index (χ3n) is 4.47. The maximum absolute atomic E-state index is 14.1. The van der Waals surface area contributed by atoms with Crippen LogP contribution in [0.25, 0.3) is 10.2 Å². The Hall–Kier alpha value is -2.91. The van der Waals surface area contributed by atoms with Crippen LogP contribution in [0.4, 0.5) is 19.6 Å². The normalized spacial score (nSPS) is 21.7. The van der Waals surface area contributed by atoms with Gasteiger partial charge in [0, 0.05) is 18.2 Å². The molecule has 4 rings (SSSR count). The van der Waals surface area contributed by atoms with Crippen molar-refractivity contribution in [1.29, 1.82) is 0 Å². The second-order valence-electron chi connectivity index (χ2n) is 6.25. The molecular formula is C18H13F2N2O4S+. The zero-order chi connectivity index (χ0) is 19.3. The topological polar surface area (TPSA) is 76.5 Å². The summed E-state index contributed by atoms with van der Waals surface area (Å²) >= 11 is 0.922. The van der Waals surface area contributed by atoms with Crippen LogP contribution in [-0.2, 0) is 9.59 Å². The van der Waals surface area contributed by atoms with Gasteiger partial charge in [-0.1, -0.05) is 23.5 Å². The summed E-state index contributed by atoms with van der Waals surface area (Å²) in [7, 11) is 1.55.